The molecule has 8 nitrogen and oxygen atoms in total. The maximum absolute atomic E-state index is 5.20. The van der Waals surface area contributed by atoms with E-state index in [4.69, 9.17) is 29.9 Å². The molecule has 0 fully saturated rings. The van der Waals surface area contributed by atoms with Crippen molar-refractivity contribution in [2.24, 2.45) is 0 Å². The molecule has 0 unspecified atom stereocenters. The summed E-state index contributed by atoms with van der Waals surface area (Å²) in [7, 11) is 0. The minimum absolute atomic E-state index is 0.904. The van der Waals surface area contributed by atoms with Crippen LogP contribution in [0.5, 0.6) is 0 Å². The SMILES string of the molecule is c1ccc(-c2ccc3ccc(-c4ccc5ccc(-c6cccc7ncccc67)nc5c4)nc3c2)cc1.c1ccc(-c2ccc3ccc4ccc(-c5ccc6cc(-c7ccc8ccc(-c9ccc%10ccc(-c%11cccc%12cccnc%11%12)nc%10c9)nc8c7)ccc6c5)nc4c3n2)cc1. The smallest absolute Gasteiger partial charge is 0.0972 e. The van der Waals surface area contributed by atoms with Crippen molar-refractivity contribution in [2.75, 3.05) is 0 Å². The first-order valence-electron chi connectivity index (χ1n) is 32.2. The summed E-state index contributed by atoms with van der Waals surface area (Å²) in [6.07, 6.45) is 3.66. The van der Waals surface area contributed by atoms with Crippen molar-refractivity contribution >= 4 is 98.0 Å². The number of fused-ring (bicyclic) bond motifs is 10. The summed E-state index contributed by atoms with van der Waals surface area (Å²) in [5.74, 6) is 0. The summed E-state index contributed by atoms with van der Waals surface area (Å²) < 4.78 is 0. The fourth-order valence-electron chi connectivity index (χ4n) is 13.3. The lowest BCUT2D eigenvalue weighted by atomic mass is 9.98. The molecule has 0 N–H and O–H groups in total. The van der Waals surface area contributed by atoms with E-state index in [1.807, 2.05) is 60.9 Å². The number of rotatable bonds is 8. The highest BCUT2D eigenvalue weighted by Gasteiger charge is 2.15. The van der Waals surface area contributed by atoms with Crippen molar-refractivity contribution in [1.82, 2.24) is 39.9 Å². The van der Waals surface area contributed by atoms with Crippen molar-refractivity contribution in [2.45, 2.75) is 0 Å². The van der Waals surface area contributed by atoms with Gasteiger partial charge in [-0.15, -0.1) is 0 Å². The van der Waals surface area contributed by atoms with Gasteiger partial charge in [-0.2, -0.15) is 0 Å². The fraction of sp³-hybridized carbons (Fsp3) is 0. The number of pyridine rings is 8. The van der Waals surface area contributed by atoms with Gasteiger partial charge in [-0.3, -0.25) is 9.97 Å². The Morgan fingerprint density at radius 1 is 0.167 bits per heavy atom. The van der Waals surface area contributed by atoms with Crippen LogP contribution in [0.15, 0.2) is 328 Å². The summed E-state index contributed by atoms with van der Waals surface area (Å²) in [4.78, 5) is 39.8. The average molecular weight is 1220 g/mol. The second-order valence-corrected chi connectivity index (χ2v) is 24.3. The fourth-order valence-corrected chi connectivity index (χ4v) is 13.3. The lowest BCUT2D eigenvalue weighted by Gasteiger charge is -2.10. The van der Waals surface area contributed by atoms with Crippen LogP contribution in [0.1, 0.15) is 0 Å². The van der Waals surface area contributed by atoms with Crippen LogP contribution in [-0.4, -0.2) is 39.9 Å². The second-order valence-electron chi connectivity index (χ2n) is 24.3. The molecule has 0 bridgehead atoms. The van der Waals surface area contributed by atoms with Crippen LogP contribution < -0.4 is 0 Å². The summed E-state index contributed by atoms with van der Waals surface area (Å²) in [6.45, 7) is 0. The van der Waals surface area contributed by atoms with Gasteiger partial charge in [0.25, 0.3) is 0 Å². The molecule has 8 aromatic heterocycles. The van der Waals surface area contributed by atoms with Crippen molar-refractivity contribution in [1.29, 1.82) is 0 Å². The van der Waals surface area contributed by atoms with Crippen molar-refractivity contribution in [3.63, 3.8) is 0 Å². The van der Waals surface area contributed by atoms with Crippen molar-refractivity contribution < 1.29 is 0 Å². The summed E-state index contributed by atoms with van der Waals surface area (Å²) >= 11 is 0. The molecule has 96 heavy (non-hydrogen) atoms. The molecule has 0 aliphatic heterocycles. The Hall–Kier alpha value is -13.0. The first-order chi connectivity index (χ1) is 47.5. The van der Waals surface area contributed by atoms with Crippen LogP contribution in [0.2, 0.25) is 0 Å². The Kier molecular flexibility index (Phi) is 13.7. The number of para-hydroxylation sites is 1. The highest BCUT2D eigenvalue weighted by molar-refractivity contribution is 6.05. The molecular weight excluding hydrogens is 1170 g/mol. The van der Waals surface area contributed by atoms with Gasteiger partial charge in [-0.05, 0) is 124 Å². The number of benzene rings is 11. The Morgan fingerprint density at radius 2 is 0.531 bits per heavy atom. The standard InChI is InChI=1S/C55H33N5.C33H21N3/c1-2-6-34(7-3-1)47-26-23-38-13-14-39-24-27-49(60-55(39)54(38)59-47)44-20-18-40-30-41(16-17-42(40)31-44)43-15-11-35-21-25-48(57-51(35)32-43)45-19-12-36-22-28-50(58-52(36)33-45)46-10-4-8-37-9-5-29-56-53(37)46;1-2-6-22(7-3-1)25-13-11-23-15-17-29(35-32(23)20-25)26-14-12-24-16-18-31(36-33(24)21-26)28-8-4-10-30-27(28)9-5-19-34-30/h1-33H;1-21H. The van der Waals surface area contributed by atoms with Gasteiger partial charge >= 0.3 is 0 Å². The molecule has 0 amide bonds. The number of aromatic nitrogens is 8. The predicted molar refractivity (Wildman–Crippen MR) is 396 cm³/mol. The van der Waals surface area contributed by atoms with Crippen LogP contribution >= 0.6 is 0 Å². The molecule has 8 heteroatoms. The quantitative estimate of drug-likeness (QED) is 0.139. The molecule has 0 radical (unpaired) electrons. The molecule has 446 valence electrons. The van der Waals surface area contributed by atoms with E-state index in [2.05, 4.69) is 277 Å². The van der Waals surface area contributed by atoms with E-state index >= 15 is 0 Å². The molecule has 8 heterocycles. The van der Waals surface area contributed by atoms with Crippen molar-refractivity contribution in [3.8, 4) is 89.8 Å². The van der Waals surface area contributed by atoms with E-state index in [1.54, 1.807) is 0 Å². The highest BCUT2D eigenvalue weighted by atomic mass is 14.8. The van der Waals surface area contributed by atoms with Gasteiger partial charge in [0.15, 0.2) is 0 Å². The molecule has 0 saturated carbocycles. The van der Waals surface area contributed by atoms with Gasteiger partial charge in [-0.1, -0.05) is 224 Å². The minimum atomic E-state index is 0.904. The Morgan fingerprint density at radius 3 is 1.12 bits per heavy atom. The second kappa shape index (κ2) is 23.6. The van der Waals surface area contributed by atoms with Gasteiger partial charge in [-0.25, -0.2) is 29.9 Å². The van der Waals surface area contributed by atoms with Crippen LogP contribution in [0.25, 0.3) is 188 Å². The molecule has 0 spiro atoms. The predicted octanol–water partition coefficient (Wildman–Crippen LogP) is 22.2. The van der Waals surface area contributed by atoms with E-state index in [0.29, 0.717) is 0 Å². The van der Waals surface area contributed by atoms with Gasteiger partial charge in [0.1, 0.15) is 0 Å². The number of nitrogens with zero attached hydrogens (tertiary/aromatic N) is 8. The monoisotopic (exact) mass is 1220 g/mol. The molecule has 11 aromatic carbocycles. The van der Waals surface area contributed by atoms with E-state index in [0.717, 1.165) is 171 Å². The largest absolute Gasteiger partial charge is 0.256 e. The van der Waals surface area contributed by atoms with Gasteiger partial charge in [0.05, 0.1) is 78.3 Å². The van der Waals surface area contributed by atoms with Crippen LogP contribution in [0.4, 0.5) is 0 Å². The molecular formula is C88H54N8. The van der Waals surface area contributed by atoms with Crippen LogP contribution in [0.3, 0.4) is 0 Å². The molecule has 0 saturated heterocycles. The third kappa shape index (κ3) is 10.5. The maximum Gasteiger partial charge on any atom is 0.0972 e. The zero-order valence-corrected chi connectivity index (χ0v) is 51.8. The maximum atomic E-state index is 5.20. The number of hydrogen-bond donors (Lipinski definition) is 0. The third-order valence-corrected chi connectivity index (χ3v) is 18.4. The van der Waals surface area contributed by atoms with E-state index in [1.165, 1.54) is 16.5 Å². The highest BCUT2D eigenvalue weighted by Crippen LogP contribution is 2.37. The van der Waals surface area contributed by atoms with Crippen LogP contribution in [0, 0.1) is 0 Å². The first-order valence-corrected chi connectivity index (χ1v) is 32.2. The Bertz CT molecular complexity index is 6280. The summed E-state index contributed by atoms with van der Waals surface area (Å²) in [5, 5.41) is 11.1. The summed E-state index contributed by atoms with van der Waals surface area (Å²) in [5.41, 5.74) is 24.1. The molecule has 19 rings (SSSR count). The average Bonchev–Trinajstić information content (AvgIpc) is 0.858. The lowest BCUT2D eigenvalue weighted by Crippen LogP contribution is -1.91. The molecule has 0 aliphatic rings. The van der Waals surface area contributed by atoms with E-state index in [-0.39, 0.29) is 0 Å². The zero-order valence-electron chi connectivity index (χ0n) is 51.8. The molecule has 0 aliphatic carbocycles. The normalized spacial score (nSPS) is 11.5. The first kappa shape index (κ1) is 55.8. The van der Waals surface area contributed by atoms with Gasteiger partial charge in [0.2, 0.25) is 0 Å². The Labute approximate surface area is 552 Å². The zero-order chi connectivity index (χ0) is 63.5. The van der Waals surface area contributed by atoms with E-state index < -0.39 is 0 Å². The minimum Gasteiger partial charge on any atom is -0.256 e. The van der Waals surface area contributed by atoms with Crippen molar-refractivity contribution in [3.05, 3.63) is 328 Å². The lowest BCUT2D eigenvalue weighted by molar-refractivity contribution is 1.36. The summed E-state index contributed by atoms with van der Waals surface area (Å²) in [6, 6.07) is 110. The van der Waals surface area contributed by atoms with Gasteiger partial charge < -0.3 is 0 Å². The molecule has 0 atom stereocenters. The third-order valence-electron chi connectivity index (χ3n) is 18.4. The Balaban J connectivity index is 0.000000159. The van der Waals surface area contributed by atoms with Gasteiger partial charge in [0, 0.05) is 88.9 Å². The van der Waals surface area contributed by atoms with E-state index in [9.17, 15) is 0 Å². The topological polar surface area (TPSA) is 103 Å². The molecule has 19 aromatic rings. The van der Waals surface area contributed by atoms with Crippen LogP contribution in [-0.2, 0) is 0 Å². The number of hydrogen-bond acceptors (Lipinski definition) is 8.